The highest BCUT2D eigenvalue weighted by molar-refractivity contribution is 5.97. The molecule has 0 aliphatic carbocycles. The molecule has 1 aromatic rings. The highest BCUT2D eigenvalue weighted by Gasteiger charge is 2.26. The van der Waals surface area contributed by atoms with Crippen molar-refractivity contribution < 1.29 is 14.6 Å². The molecule has 0 fully saturated rings. The van der Waals surface area contributed by atoms with E-state index in [2.05, 4.69) is 5.32 Å². The van der Waals surface area contributed by atoms with Gasteiger partial charge < -0.3 is 20.9 Å². The molecule has 0 saturated heterocycles. The van der Waals surface area contributed by atoms with Crippen LogP contribution < -0.4 is 15.8 Å². The molecule has 0 saturated carbocycles. The van der Waals surface area contributed by atoms with Gasteiger partial charge in [-0.3, -0.25) is 4.79 Å². The molecule has 2 rings (SSSR count). The van der Waals surface area contributed by atoms with Gasteiger partial charge in [-0.05, 0) is 24.1 Å². The number of aliphatic hydroxyl groups excluding tert-OH is 1. The van der Waals surface area contributed by atoms with Crippen LogP contribution in [0.4, 0.5) is 5.69 Å². The Morgan fingerprint density at radius 1 is 1.59 bits per heavy atom. The second-order valence-corrected chi connectivity index (χ2v) is 4.01. The van der Waals surface area contributed by atoms with Crippen LogP contribution in [0.2, 0.25) is 0 Å². The predicted molar refractivity (Wildman–Crippen MR) is 63.8 cm³/mol. The molecule has 1 amide bonds. The van der Waals surface area contributed by atoms with Crippen LogP contribution in [0.1, 0.15) is 25.0 Å². The van der Waals surface area contributed by atoms with Gasteiger partial charge in [-0.1, -0.05) is 13.0 Å². The lowest BCUT2D eigenvalue weighted by atomic mass is 10.1. The number of carbonyl (C=O) groups excluding carboxylic acids is 1. The normalized spacial score (nSPS) is 20.2. The maximum atomic E-state index is 11.6. The number of anilines is 1. The van der Waals surface area contributed by atoms with Crippen molar-refractivity contribution in [3.8, 4) is 5.75 Å². The number of aliphatic hydroxyl groups is 1. The van der Waals surface area contributed by atoms with Crippen molar-refractivity contribution in [1.82, 2.24) is 0 Å². The second kappa shape index (κ2) is 4.73. The molecule has 5 heteroatoms. The summed E-state index contributed by atoms with van der Waals surface area (Å²) in [5.41, 5.74) is 6.64. The van der Waals surface area contributed by atoms with Crippen LogP contribution in [0, 0.1) is 0 Å². The maximum absolute atomic E-state index is 11.6. The average Bonchev–Trinajstić information content (AvgIpc) is 2.36. The molecule has 2 atom stereocenters. The van der Waals surface area contributed by atoms with Gasteiger partial charge in [0, 0.05) is 6.54 Å². The lowest BCUT2D eigenvalue weighted by Gasteiger charge is -2.25. The molecule has 0 aromatic heterocycles. The van der Waals surface area contributed by atoms with E-state index in [4.69, 9.17) is 10.5 Å². The fourth-order valence-electron chi connectivity index (χ4n) is 1.78. The monoisotopic (exact) mass is 236 g/mol. The van der Waals surface area contributed by atoms with Gasteiger partial charge in [0.25, 0.3) is 5.91 Å². The van der Waals surface area contributed by atoms with Gasteiger partial charge in [0.2, 0.25) is 0 Å². The van der Waals surface area contributed by atoms with Gasteiger partial charge >= 0.3 is 0 Å². The third-order valence-electron chi connectivity index (χ3n) is 2.80. The Balaban J connectivity index is 2.29. The zero-order chi connectivity index (χ0) is 12.4. The van der Waals surface area contributed by atoms with Crippen LogP contribution in [0.3, 0.4) is 0 Å². The Morgan fingerprint density at radius 3 is 3.00 bits per heavy atom. The fourth-order valence-corrected chi connectivity index (χ4v) is 1.78. The van der Waals surface area contributed by atoms with E-state index in [-0.39, 0.29) is 12.5 Å². The first-order valence-electron chi connectivity index (χ1n) is 5.65. The summed E-state index contributed by atoms with van der Waals surface area (Å²) < 4.78 is 5.54. The quantitative estimate of drug-likeness (QED) is 0.724. The summed E-state index contributed by atoms with van der Waals surface area (Å²) in [6, 6.07) is 5.18. The van der Waals surface area contributed by atoms with Gasteiger partial charge in [0.05, 0.1) is 11.8 Å². The number of hydrogen-bond donors (Lipinski definition) is 3. The highest BCUT2D eigenvalue weighted by atomic mass is 16.5. The predicted octanol–water partition coefficient (Wildman–Crippen LogP) is 0.788. The van der Waals surface area contributed by atoms with E-state index < -0.39 is 12.2 Å². The Hall–Kier alpha value is -1.59. The number of rotatable bonds is 3. The molecule has 1 aromatic carbocycles. The highest BCUT2D eigenvalue weighted by Crippen LogP contribution is 2.32. The van der Waals surface area contributed by atoms with E-state index in [1.165, 1.54) is 0 Å². The number of nitrogens with two attached hydrogens (primary N) is 1. The van der Waals surface area contributed by atoms with Crippen LogP contribution >= 0.6 is 0 Å². The summed E-state index contributed by atoms with van der Waals surface area (Å²) in [5, 5.41) is 12.4. The van der Waals surface area contributed by atoms with Gasteiger partial charge in [0.1, 0.15) is 5.75 Å². The van der Waals surface area contributed by atoms with E-state index in [9.17, 15) is 9.90 Å². The molecule has 1 aliphatic rings. The standard InChI is InChI=1S/C12H16N2O3/c1-2-10-12(16)14-8-5-7(9(15)6-13)3-4-11(8)17-10/h3-5,9-10,15H,2,6,13H2,1H3,(H,14,16). The zero-order valence-corrected chi connectivity index (χ0v) is 9.64. The summed E-state index contributed by atoms with van der Waals surface area (Å²) in [6.45, 7) is 2.03. The summed E-state index contributed by atoms with van der Waals surface area (Å²) >= 11 is 0. The van der Waals surface area contributed by atoms with Crippen LogP contribution in [0.5, 0.6) is 5.75 Å². The van der Waals surface area contributed by atoms with E-state index in [0.29, 0.717) is 23.4 Å². The molecule has 2 unspecified atom stereocenters. The number of benzene rings is 1. The molecule has 0 bridgehead atoms. The van der Waals surface area contributed by atoms with Crippen LogP contribution in [-0.2, 0) is 4.79 Å². The third-order valence-corrected chi connectivity index (χ3v) is 2.80. The SMILES string of the molecule is CCC1Oc2ccc(C(O)CN)cc2NC1=O. The average molecular weight is 236 g/mol. The summed E-state index contributed by atoms with van der Waals surface area (Å²) in [4.78, 5) is 11.6. The lowest BCUT2D eigenvalue weighted by molar-refractivity contribution is -0.123. The summed E-state index contributed by atoms with van der Waals surface area (Å²) in [5.74, 6) is 0.476. The van der Waals surface area contributed by atoms with Crippen molar-refractivity contribution in [1.29, 1.82) is 0 Å². The second-order valence-electron chi connectivity index (χ2n) is 4.01. The first-order valence-corrected chi connectivity index (χ1v) is 5.65. The molecular formula is C12H16N2O3. The van der Waals surface area contributed by atoms with Gasteiger partial charge in [0.15, 0.2) is 6.10 Å². The summed E-state index contributed by atoms with van der Waals surface area (Å²) in [6.07, 6.45) is -0.535. The Bertz CT molecular complexity index is 434. The number of ether oxygens (including phenoxy) is 1. The summed E-state index contributed by atoms with van der Waals surface area (Å²) in [7, 11) is 0. The Kier molecular flexibility index (Phi) is 3.31. The maximum Gasteiger partial charge on any atom is 0.265 e. The van der Waals surface area contributed by atoms with Gasteiger partial charge in [-0.25, -0.2) is 0 Å². The Labute approximate surface area is 99.6 Å². The van der Waals surface area contributed by atoms with Crippen molar-refractivity contribution in [3.05, 3.63) is 23.8 Å². The molecule has 17 heavy (non-hydrogen) atoms. The van der Waals surface area contributed by atoms with Crippen LogP contribution in [0.15, 0.2) is 18.2 Å². The smallest absolute Gasteiger partial charge is 0.265 e. The molecule has 4 N–H and O–H groups in total. The van der Waals surface area contributed by atoms with Gasteiger partial charge in [-0.2, -0.15) is 0 Å². The fraction of sp³-hybridized carbons (Fsp3) is 0.417. The number of fused-ring (bicyclic) bond motifs is 1. The van der Waals surface area contributed by atoms with Crippen molar-refractivity contribution >= 4 is 11.6 Å². The number of amides is 1. The van der Waals surface area contributed by atoms with Gasteiger partial charge in [-0.15, -0.1) is 0 Å². The third kappa shape index (κ3) is 2.25. The topological polar surface area (TPSA) is 84.6 Å². The van der Waals surface area contributed by atoms with Crippen LogP contribution in [-0.4, -0.2) is 23.7 Å². The van der Waals surface area contributed by atoms with Crippen molar-refractivity contribution in [3.63, 3.8) is 0 Å². The van der Waals surface area contributed by atoms with Crippen molar-refractivity contribution in [2.45, 2.75) is 25.6 Å². The zero-order valence-electron chi connectivity index (χ0n) is 9.64. The number of carbonyl (C=O) groups is 1. The van der Waals surface area contributed by atoms with E-state index in [0.717, 1.165) is 0 Å². The molecule has 1 heterocycles. The first kappa shape index (κ1) is 11.9. The van der Waals surface area contributed by atoms with E-state index in [1.807, 2.05) is 6.92 Å². The molecule has 0 spiro atoms. The Morgan fingerprint density at radius 2 is 2.35 bits per heavy atom. The molecule has 92 valence electrons. The first-order chi connectivity index (χ1) is 8.15. The van der Waals surface area contributed by atoms with Crippen molar-refractivity contribution in [2.24, 2.45) is 5.73 Å². The largest absolute Gasteiger partial charge is 0.478 e. The molecule has 5 nitrogen and oxygen atoms in total. The lowest BCUT2D eigenvalue weighted by Crippen LogP contribution is -2.36. The minimum Gasteiger partial charge on any atom is -0.478 e. The van der Waals surface area contributed by atoms with E-state index in [1.54, 1.807) is 18.2 Å². The number of hydrogen-bond acceptors (Lipinski definition) is 4. The molecular weight excluding hydrogens is 220 g/mol. The molecule has 0 radical (unpaired) electrons. The van der Waals surface area contributed by atoms with Crippen LogP contribution in [0.25, 0.3) is 0 Å². The number of nitrogens with one attached hydrogen (secondary N) is 1. The van der Waals surface area contributed by atoms with E-state index >= 15 is 0 Å². The minimum atomic E-state index is -0.721. The molecule has 1 aliphatic heterocycles. The van der Waals surface area contributed by atoms with Crippen molar-refractivity contribution in [2.75, 3.05) is 11.9 Å². The minimum absolute atomic E-state index is 0.144.